The van der Waals surface area contributed by atoms with E-state index in [4.69, 9.17) is 10.5 Å². The average Bonchev–Trinajstić information content (AvgIpc) is 3.44. The summed E-state index contributed by atoms with van der Waals surface area (Å²) in [4.78, 5) is 18.3. The molecule has 4 rings (SSSR count). The molecule has 1 aliphatic heterocycles. The van der Waals surface area contributed by atoms with Gasteiger partial charge in [0.05, 0.1) is 22.4 Å². The number of hydrogen-bond donors (Lipinski definition) is 2. The first kappa shape index (κ1) is 19.2. The lowest BCUT2D eigenvalue weighted by atomic mass is 10.2. The van der Waals surface area contributed by atoms with Crippen molar-refractivity contribution in [1.29, 1.82) is 0 Å². The van der Waals surface area contributed by atoms with Crippen molar-refractivity contribution in [1.82, 2.24) is 25.1 Å². The Morgan fingerprint density at radius 1 is 1.50 bits per heavy atom. The highest BCUT2D eigenvalue weighted by molar-refractivity contribution is 7.99. The second-order valence-electron chi connectivity index (χ2n) is 6.48. The number of amides is 1. The van der Waals surface area contributed by atoms with E-state index < -0.39 is 0 Å². The second-order valence-corrected chi connectivity index (χ2v) is 8.42. The van der Waals surface area contributed by atoms with Gasteiger partial charge in [0.15, 0.2) is 11.0 Å². The van der Waals surface area contributed by atoms with Crippen molar-refractivity contribution < 1.29 is 9.53 Å². The molecule has 148 valence electrons. The number of nitrogen functional groups attached to an aromatic ring is 1. The summed E-state index contributed by atoms with van der Waals surface area (Å²) in [6.45, 7) is 4.06. The van der Waals surface area contributed by atoms with Gasteiger partial charge in [-0.15, -0.1) is 21.5 Å². The zero-order valence-electron chi connectivity index (χ0n) is 15.6. The minimum absolute atomic E-state index is 0.0294. The number of hydrogen-bond acceptors (Lipinski definition) is 8. The van der Waals surface area contributed by atoms with E-state index in [1.54, 1.807) is 6.20 Å². The predicted molar refractivity (Wildman–Crippen MR) is 111 cm³/mol. The monoisotopic (exact) mass is 418 g/mol. The van der Waals surface area contributed by atoms with Crippen LogP contribution in [0.3, 0.4) is 0 Å². The molecule has 3 N–H and O–H groups in total. The predicted octanol–water partition coefficient (Wildman–Crippen LogP) is 2.54. The van der Waals surface area contributed by atoms with Gasteiger partial charge in [-0.3, -0.25) is 4.79 Å². The van der Waals surface area contributed by atoms with Gasteiger partial charge in [-0.1, -0.05) is 11.8 Å². The summed E-state index contributed by atoms with van der Waals surface area (Å²) >= 11 is 2.88. The minimum Gasteiger partial charge on any atom is -0.397 e. The molecule has 0 spiro atoms. The summed E-state index contributed by atoms with van der Waals surface area (Å²) < 4.78 is 7.51. The van der Waals surface area contributed by atoms with Gasteiger partial charge < -0.3 is 20.4 Å². The van der Waals surface area contributed by atoms with Crippen LogP contribution in [-0.2, 0) is 16.1 Å². The van der Waals surface area contributed by atoms with E-state index in [1.165, 1.54) is 23.1 Å². The molecule has 1 fully saturated rings. The quantitative estimate of drug-likeness (QED) is 0.568. The van der Waals surface area contributed by atoms with E-state index in [0.717, 1.165) is 34.5 Å². The Balaban J connectivity index is 1.46. The van der Waals surface area contributed by atoms with Crippen LogP contribution in [0.4, 0.5) is 5.69 Å². The number of rotatable bonds is 7. The molecule has 0 aromatic carbocycles. The number of thioether (sulfide) groups is 1. The fourth-order valence-corrected chi connectivity index (χ4v) is 5.07. The van der Waals surface area contributed by atoms with Gasteiger partial charge >= 0.3 is 0 Å². The van der Waals surface area contributed by atoms with E-state index >= 15 is 0 Å². The topological polar surface area (TPSA) is 108 Å². The number of anilines is 1. The number of carbonyl (C=O) groups excluding carboxylic acids is 1. The number of nitrogens with one attached hydrogen (secondary N) is 1. The van der Waals surface area contributed by atoms with Crippen molar-refractivity contribution in [2.24, 2.45) is 0 Å². The number of aromatic nitrogens is 4. The molecule has 3 aromatic rings. The molecule has 0 aliphatic carbocycles. The van der Waals surface area contributed by atoms with Gasteiger partial charge in [-0.05, 0) is 31.9 Å². The summed E-state index contributed by atoms with van der Waals surface area (Å²) in [6, 6.07) is 3.83. The summed E-state index contributed by atoms with van der Waals surface area (Å²) in [5.74, 6) is 0.970. The molecule has 0 bridgehead atoms. The van der Waals surface area contributed by atoms with E-state index in [-0.39, 0.29) is 17.8 Å². The van der Waals surface area contributed by atoms with Crippen molar-refractivity contribution >= 4 is 44.9 Å². The molecule has 1 atom stereocenters. The largest absolute Gasteiger partial charge is 0.397 e. The summed E-state index contributed by atoms with van der Waals surface area (Å²) in [7, 11) is 0. The molecule has 8 nitrogen and oxygen atoms in total. The van der Waals surface area contributed by atoms with Gasteiger partial charge in [-0.25, -0.2) is 4.98 Å². The maximum Gasteiger partial charge on any atom is 0.230 e. The van der Waals surface area contributed by atoms with Gasteiger partial charge in [0.2, 0.25) is 5.91 Å². The van der Waals surface area contributed by atoms with Gasteiger partial charge in [0.1, 0.15) is 4.83 Å². The lowest BCUT2D eigenvalue weighted by Crippen LogP contribution is -2.32. The van der Waals surface area contributed by atoms with E-state index in [9.17, 15) is 4.79 Å². The first-order valence-electron chi connectivity index (χ1n) is 9.25. The maximum absolute atomic E-state index is 12.1. The van der Waals surface area contributed by atoms with Crippen LogP contribution in [0.25, 0.3) is 20.9 Å². The number of nitrogens with two attached hydrogens (primary N) is 1. The molecule has 4 heterocycles. The summed E-state index contributed by atoms with van der Waals surface area (Å²) in [5.41, 5.74) is 7.00. The first-order valence-corrected chi connectivity index (χ1v) is 11.0. The highest BCUT2D eigenvalue weighted by atomic mass is 32.2. The van der Waals surface area contributed by atoms with Crippen LogP contribution in [0.5, 0.6) is 0 Å². The Morgan fingerprint density at radius 2 is 2.39 bits per heavy atom. The lowest BCUT2D eigenvalue weighted by Gasteiger charge is -2.10. The van der Waals surface area contributed by atoms with E-state index in [2.05, 4.69) is 20.5 Å². The SMILES string of the molecule is CCn1c(SCC(=O)NC[C@@H]2CCCO2)nnc1-c1sc2ncccc2c1N. The number of ether oxygens (including phenoxy) is 1. The third-order valence-corrected chi connectivity index (χ3v) is 6.72. The number of fused-ring (bicyclic) bond motifs is 1. The normalized spacial score (nSPS) is 16.7. The molecule has 0 radical (unpaired) electrons. The highest BCUT2D eigenvalue weighted by Gasteiger charge is 2.21. The molecule has 28 heavy (non-hydrogen) atoms. The van der Waals surface area contributed by atoms with Crippen LogP contribution >= 0.6 is 23.1 Å². The van der Waals surface area contributed by atoms with Crippen LogP contribution in [0.2, 0.25) is 0 Å². The second kappa shape index (κ2) is 8.46. The summed E-state index contributed by atoms with van der Waals surface area (Å²) in [6.07, 6.45) is 3.97. The summed E-state index contributed by atoms with van der Waals surface area (Å²) in [5, 5.41) is 13.2. The number of thiophene rings is 1. The Labute approximate surface area is 170 Å². The van der Waals surface area contributed by atoms with E-state index in [1.807, 2.05) is 23.6 Å². The number of carbonyl (C=O) groups is 1. The Kier molecular flexibility index (Phi) is 5.79. The van der Waals surface area contributed by atoms with Crippen LogP contribution in [-0.4, -0.2) is 50.7 Å². The molecular formula is C18H22N6O2S2. The van der Waals surface area contributed by atoms with Crippen molar-refractivity contribution in [3.63, 3.8) is 0 Å². The lowest BCUT2D eigenvalue weighted by molar-refractivity contribution is -0.119. The molecule has 0 unspecified atom stereocenters. The van der Waals surface area contributed by atoms with E-state index in [0.29, 0.717) is 29.8 Å². The molecule has 1 aliphatic rings. The number of pyridine rings is 1. The molecule has 1 amide bonds. The Bertz CT molecular complexity index is 980. The maximum atomic E-state index is 12.1. The molecule has 1 saturated heterocycles. The Morgan fingerprint density at radius 3 is 3.14 bits per heavy atom. The van der Waals surface area contributed by atoms with Crippen LogP contribution in [0.15, 0.2) is 23.5 Å². The molecule has 10 heteroatoms. The molecular weight excluding hydrogens is 396 g/mol. The van der Waals surface area contributed by atoms with Crippen LogP contribution < -0.4 is 11.1 Å². The van der Waals surface area contributed by atoms with Crippen LogP contribution in [0, 0.1) is 0 Å². The highest BCUT2D eigenvalue weighted by Crippen LogP contribution is 2.39. The zero-order valence-corrected chi connectivity index (χ0v) is 17.2. The van der Waals surface area contributed by atoms with Gasteiger partial charge in [0, 0.05) is 31.3 Å². The fraction of sp³-hybridized carbons (Fsp3) is 0.444. The van der Waals surface area contributed by atoms with Crippen molar-refractivity contribution in [3.05, 3.63) is 18.3 Å². The van der Waals surface area contributed by atoms with Gasteiger partial charge in [0.25, 0.3) is 0 Å². The number of nitrogens with zero attached hydrogens (tertiary/aromatic N) is 4. The third-order valence-electron chi connectivity index (χ3n) is 4.62. The zero-order chi connectivity index (χ0) is 19.5. The first-order chi connectivity index (χ1) is 13.7. The molecule has 0 saturated carbocycles. The third kappa shape index (κ3) is 3.85. The van der Waals surface area contributed by atoms with Gasteiger partial charge in [-0.2, -0.15) is 0 Å². The standard InChI is InChI=1S/C18H22N6O2S2/c1-2-24-16(15-14(19)12-6-3-7-20-17(12)28-15)22-23-18(24)27-10-13(25)21-9-11-5-4-8-26-11/h3,6-7,11H,2,4-5,8-10,19H2,1H3,(H,21,25)/t11-/m0/s1. The van der Waals surface area contributed by atoms with Crippen molar-refractivity contribution in [3.8, 4) is 10.7 Å². The smallest absolute Gasteiger partial charge is 0.230 e. The Hall–Kier alpha value is -2.17. The van der Waals surface area contributed by atoms with Crippen molar-refractivity contribution in [2.45, 2.75) is 37.6 Å². The van der Waals surface area contributed by atoms with Crippen molar-refractivity contribution in [2.75, 3.05) is 24.6 Å². The van der Waals surface area contributed by atoms with Crippen LogP contribution in [0.1, 0.15) is 19.8 Å². The fourth-order valence-electron chi connectivity index (χ4n) is 3.18. The molecule has 3 aromatic heterocycles. The minimum atomic E-state index is -0.0294. The average molecular weight is 419 g/mol.